The van der Waals surface area contributed by atoms with E-state index in [1.807, 2.05) is 31.3 Å². The van der Waals surface area contributed by atoms with Gasteiger partial charge in [0.05, 0.1) is 5.52 Å². The van der Waals surface area contributed by atoms with Crippen LogP contribution < -0.4 is 0 Å². The number of aldehydes is 1. The topological polar surface area (TPSA) is 32.9 Å². The Balaban J connectivity index is 2.91. The highest BCUT2D eigenvalue weighted by atomic mass is 16.1. The summed E-state index contributed by atoms with van der Waals surface area (Å²) in [6, 6.07) is 5.78. The van der Waals surface area contributed by atoms with Gasteiger partial charge in [0.1, 0.15) is 0 Å². The Morgan fingerprint density at radius 3 is 2.92 bits per heavy atom. The van der Waals surface area contributed by atoms with Crippen LogP contribution in [0.5, 0.6) is 0 Å². The lowest BCUT2D eigenvalue weighted by Crippen LogP contribution is -1.83. The minimum absolute atomic E-state index is 0.723. The van der Waals surface area contributed by atoms with E-state index in [0.29, 0.717) is 0 Å². The molecule has 1 N–H and O–H groups in total. The second-order valence-electron chi connectivity index (χ2n) is 2.86. The van der Waals surface area contributed by atoms with Gasteiger partial charge in [0.2, 0.25) is 0 Å². The van der Waals surface area contributed by atoms with Crippen LogP contribution in [0.4, 0.5) is 0 Å². The van der Waals surface area contributed by atoms with E-state index in [-0.39, 0.29) is 0 Å². The monoisotopic (exact) mass is 159 g/mol. The Morgan fingerprint density at radius 1 is 1.33 bits per heavy atom. The Morgan fingerprint density at radius 2 is 2.17 bits per heavy atom. The van der Waals surface area contributed by atoms with Crippen molar-refractivity contribution in [1.29, 1.82) is 0 Å². The molecule has 60 valence electrons. The second-order valence-corrected chi connectivity index (χ2v) is 2.86. The van der Waals surface area contributed by atoms with E-state index in [9.17, 15) is 4.79 Å². The highest BCUT2D eigenvalue weighted by Crippen LogP contribution is 2.19. The zero-order valence-corrected chi connectivity index (χ0v) is 6.79. The maximum absolute atomic E-state index is 10.6. The standard InChI is InChI=1S/C10H9NO/c1-7-2-3-8(6-12)10-9(7)4-5-11-10/h2-6,11H,1H3. The van der Waals surface area contributed by atoms with Gasteiger partial charge in [-0.2, -0.15) is 0 Å². The van der Waals surface area contributed by atoms with Crippen molar-refractivity contribution < 1.29 is 4.79 Å². The molecule has 0 saturated carbocycles. The number of nitrogens with one attached hydrogen (secondary N) is 1. The molecule has 0 spiro atoms. The molecule has 0 amide bonds. The predicted octanol–water partition coefficient (Wildman–Crippen LogP) is 2.29. The second kappa shape index (κ2) is 2.48. The highest BCUT2D eigenvalue weighted by molar-refractivity contribution is 5.97. The summed E-state index contributed by atoms with van der Waals surface area (Å²) in [5.74, 6) is 0. The number of hydrogen-bond donors (Lipinski definition) is 1. The van der Waals surface area contributed by atoms with Crippen molar-refractivity contribution in [1.82, 2.24) is 4.98 Å². The first-order chi connectivity index (χ1) is 5.83. The van der Waals surface area contributed by atoms with Gasteiger partial charge in [-0.15, -0.1) is 0 Å². The number of rotatable bonds is 1. The molecule has 1 aromatic heterocycles. The van der Waals surface area contributed by atoms with Crippen LogP contribution in [-0.2, 0) is 0 Å². The van der Waals surface area contributed by atoms with Crippen molar-refractivity contribution >= 4 is 17.2 Å². The summed E-state index contributed by atoms with van der Waals surface area (Å²) < 4.78 is 0. The third-order valence-corrected chi connectivity index (χ3v) is 2.10. The summed E-state index contributed by atoms with van der Waals surface area (Å²) in [5.41, 5.74) is 2.85. The number of benzene rings is 1. The van der Waals surface area contributed by atoms with Crippen LogP contribution in [0.1, 0.15) is 15.9 Å². The van der Waals surface area contributed by atoms with E-state index >= 15 is 0 Å². The smallest absolute Gasteiger partial charge is 0.152 e. The Kier molecular flexibility index (Phi) is 1.47. The van der Waals surface area contributed by atoms with Crippen LogP contribution in [-0.4, -0.2) is 11.3 Å². The van der Waals surface area contributed by atoms with Gasteiger partial charge in [-0.05, 0) is 24.6 Å². The van der Waals surface area contributed by atoms with Crippen LogP contribution in [0.2, 0.25) is 0 Å². The number of H-pyrrole nitrogens is 1. The summed E-state index contributed by atoms with van der Waals surface area (Å²) in [5, 5.41) is 1.12. The fourth-order valence-corrected chi connectivity index (χ4v) is 1.42. The number of aromatic nitrogens is 1. The van der Waals surface area contributed by atoms with Crippen molar-refractivity contribution in [3.05, 3.63) is 35.5 Å². The lowest BCUT2D eigenvalue weighted by atomic mass is 10.1. The van der Waals surface area contributed by atoms with E-state index in [1.165, 1.54) is 5.56 Å². The predicted molar refractivity (Wildman–Crippen MR) is 48.4 cm³/mol. The Labute approximate surface area is 70.2 Å². The maximum Gasteiger partial charge on any atom is 0.152 e. The molecular formula is C10H9NO. The lowest BCUT2D eigenvalue weighted by Gasteiger charge is -1.97. The van der Waals surface area contributed by atoms with E-state index in [2.05, 4.69) is 4.98 Å². The summed E-state index contributed by atoms with van der Waals surface area (Å²) in [6.07, 6.45) is 2.73. The minimum Gasteiger partial charge on any atom is -0.361 e. The quantitative estimate of drug-likeness (QED) is 0.636. The number of aromatic amines is 1. The number of fused-ring (bicyclic) bond motifs is 1. The summed E-state index contributed by atoms with van der Waals surface area (Å²) in [6.45, 7) is 2.03. The number of carbonyl (C=O) groups is 1. The van der Waals surface area contributed by atoms with E-state index in [4.69, 9.17) is 0 Å². The molecule has 0 atom stereocenters. The molecule has 0 aliphatic rings. The fourth-order valence-electron chi connectivity index (χ4n) is 1.42. The molecule has 2 heteroatoms. The van der Waals surface area contributed by atoms with Crippen LogP contribution in [0, 0.1) is 6.92 Å². The molecule has 1 aromatic carbocycles. The zero-order valence-electron chi connectivity index (χ0n) is 6.79. The fraction of sp³-hybridized carbons (Fsp3) is 0.100. The number of aryl methyl sites for hydroxylation is 1. The molecule has 2 rings (SSSR count). The summed E-state index contributed by atoms with van der Waals surface area (Å²) in [4.78, 5) is 13.7. The summed E-state index contributed by atoms with van der Waals surface area (Å²) >= 11 is 0. The first kappa shape index (κ1) is 7.10. The highest BCUT2D eigenvalue weighted by Gasteiger charge is 2.02. The molecule has 0 aliphatic carbocycles. The zero-order chi connectivity index (χ0) is 8.55. The average Bonchev–Trinajstić information content (AvgIpc) is 2.54. The van der Waals surface area contributed by atoms with Crippen LogP contribution in [0.3, 0.4) is 0 Å². The maximum atomic E-state index is 10.6. The van der Waals surface area contributed by atoms with Crippen molar-refractivity contribution in [3.8, 4) is 0 Å². The normalized spacial score (nSPS) is 10.4. The number of hydrogen-bond acceptors (Lipinski definition) is 1. The molecule has 0 fully saturated rings. The van der Waals surface area contributed by atoms with Crippen LogP contribution >= 0.6 is 0 Å². The molecular weight excluding hydrogens is 150 g/mol. The molecule has 0 unspecified atom stereocenters. The van der Waals surface area contributed by atoms with E-state index < -0.39 is 0 Å². The largest absolute Gasteiger partial charge is 0.361 e. The first-order valence-electron chi connectivity index (χ1n) is 3.85. The average molecular weight is 159 g/mol. The van der Waals surface area contributed by atoms with Gasteiger partial charge in [0, 0.05) is 17.1 Å². The third kappa shape index (κ3) is 0.848. The third-order valence-electron chi connectivity index (χ3n) is 2.10. The van der Waals surface area contributed by atoms with Crippen molar-refractivity contribution in [2.24, 2.45) is 0 Å². The Hall–Kier alpha value is -1.57. The molecule has 12 heavy (non-hydrogen) atoms. The minimum atomic E-state index is 0.723. The number of carbonyl (C=O) groups excluding carboxylic acids is 1. The first-order valence-corrected chi connectivity index (χ1v) is 3.85. The van der Waals surface area contributed by atoms with Crippen LogP contribution in [0.15, 0.2) is 24.4 Å². The molecule has 0 radical (unpaired) electrons. The van der Waals surface area contributed by atoms with Gasteiger partial charge in [-0.3, -0.25) is 4.79 Å². The van der Waals surface area contributed by atoms with Gasteiger partial charge in [-0.25, -0.2) is 0 Å². The van der Waals surface area contributed by atoms with Gasteiger partial charge in [0.15, 0.2) is 6.29 Å². The van der Waals surface area contributed by atoms with E-state index in [0.717, 1.165) is 22.8 Å². The molecule has 0 aliphatic heterocycles. The SMILES string of the molecule is Cc1ccc(C=O)c2[nH]ccc12. The molecule has 0 bridgehead atoms. The Bertz CT molecular complexity index is 428. The van der Waals surface area contributed by atoms with Crippen molar-refractivity contribution in [3.63, 3.8) is 0 Å². The molecule has 0 saturated heterocycles. The molecule has 2 aromatic rings. The van der Waals surface area contributed by atoms with Gasteiger partial charge < -0.3 is 4.98 Å². The van der Waals surface area contributed by atoms with Gasteiger partial charge in [-0.1, -0.05) is 6.07 Å². The molecule has 2 nitrogen and oxygen atoms in total. The van der Waals surface area contributed by atoms with E-state index in [1.54, 1.807) is 0 Å². The van der Waals surface area contributed by atoms with Gasteiger partial charge in [0.25, 0.3) is 0 Å². The van der Waals surface area contributed by atoms with Crippen LogP contribution in [0.25, 0.3) is 10.9 Å². The molecule has 1 heterocycles. The lowest BCUT2D eigenvalue weighted by molar-refractivity contribution is 0.112. The van der Waals surface area contributed by atoms with Crippen molar-refractivity contribution in [2.75, 3.05) is 0 Å². The van der Waals surface area contributed by atoms with Gasteiger partial charge >= 0.3 is 0 Å². The van der Waals surface area contributed by atoms with Crippen molar-refractivity contribution in [2.45, 2.75) is 6.92 Å². The summed E-state index contributed by atoms with van der Waals surface area (Å²) in [7, 11) is 0.